The lowest BCUT2D eigenvalue weighted by molar-refractivity contribution is 1.18. The summed E-state index contributed by atoms with van der Waals surface area (Å²) >= 11 is 0. The van der Waals surface area contributed by atoms with Crippen LogP contribution in [0.2, 0.25) is 0 Å². The molecule has 0 radical (unpaired) electrons. The molecule has 10 rings (SSSR count). The molecule has 0 unspecified atom stereocenters. The second-order valence-electron chi connectivity index (χ2n) is 12.6. The molecule has 0 aliphatic carbocycles. The first kappa shape index (κ1) is 27.4. The van der Waals surface area contributed by atoms with E-state index in [1.165, 1.54) is 21.5 Å². The van der Waals surface area contributed by atoms with Crippen LogP contribution < -0.4 is 0 Å². The number of rotatable bonds is 3. The Morgan fingerprint density at radius 2 is 1.14 bits per heavy atom. The Morgan fingerprint density at radius 1 is 0.469 bits per heavy atom. The van der Waals surface area contributed by atoms with E-state index < -0.39 is 0 Å². The average molecular weight is 622 g/mol. The zero-order valence-corrected chi connectivity index (χ0v) is 26.4. The van der Waals surface area contributed by atoms with E-state index in [-0.39, 0.29) is 0 Å². The Morgan fingerprint density at radius 3 is 1.94 bits per heavy atom. The fourth-order valence-electron chi connectivity index (χ4n) is 7.77. The fourth-order valence-corrected chi connectivity index (χ4v) is 7.77. The lowest BCUT2D eigenvalue weighted by Crippen LogP contribution is -1.94. The maximum atomic E-state index is 9.84. The highest BCUT2D eigenvalue weighted by Crippen LogP contribution is 2.44. The van der Waals surface area contributed by atoms with Gasteiger partial charge in [0.15, 0.2) is 0 Å². The molecule has 0 N–H and O–H groups in total. The van der Waals surface area contributed by atoms with Crippen LogP contribution in [0.4, 0.5) is 0 Å². The minimum Gasteiger partial charge on any atom is -0.309 e. The van der Waals surface area contributed by atoms with Gasteiger partial charge in [-0.15, -0.1) is 0 Å². The molecule has 0 aliphatic heterocycles. The first-order chi connectivity index (χ1) is 24.3. The summed E-state index contributed by atoms with van der Waals surface area (Å²) in [7, 11) is 0. The summed E-state index contributed by atoms with van der Waals surface area (Å²) in [5.41, 5.74) is 9.29. The van der Waals surface area contributed by atoms with E-state index >= 15 is 0 Å². The molecule has 0 amide bonds. The van der Waals surface area contributed by atoms with Crippen molar-refractivity contribution in [1.29, 1.82) is 5.26 Å². The normalized spacial score (nSPS) is 11.7. The van der Waals surface area contributed by atoms with Gasteiger partial charge < -0.3 is 4.57 Å². The van der Waals surface area contributed by atoms with Crippen molar-refractivity contribution in [1.82, 2.24) is 9.55 Å². The first-order valence-electron chi connectivity index (χ1n) is 16.5. The molecule has 226 valence electrons. The van der Waals surface area contributed by atoms with Gasteiger partial charge in [0.2, 0.25) is 0 Å². The standard InChI is InChI=1S/C46H27N3/c47-28-29-19-23-42-39(25-29)40-26-32(21-24-43(40)49(42)33-14-5-2-6-15-33)38-27-41-44(36-18-10-9-17-35(36)38)37-22-20-30-11-7-8-16-34(30)46(37)48-45(41)31-12-3-1-4-13-31/h1-27H. The molecular formula is C46H27N3. The molecule has 49 heavy (non-hydrogen) atoms. The number of nitrogens with zero attached hydrogens (tertiary/aromatic N) is 3. The van der Waals surface area contributed by atoms with Crippen LogP contribution in [0.15, 0.2) is 164 Å². The molecule has 0 bridgehead atoms. The Labute approximate surface area is 282 Å². The molecule has 0 aliphatic rings. The van der Waals surface area contributed by atoms with Crippen molar-refractivity contribution in [2.75, 3.05) is 0 Å². The molecule has 0 atom stereocenters. The van der Waals surface area contributed by atoms with Gasteiger partial charge in [0.25, 0.3) is 0 Å². The molecule has 0 spiro atoms. The summed E-state index contributed by atoms with van der Waals surface area (Å²) in [5.74, 6) is 0. The van der Waals surface area contributed by atoms with Crippen LogP contribution in [0, 0.1) is 11.3 Å². The minimum absolute atomic E-state index is 0.652. The van der Waals surface area contributed by atoms with E-state index in [1.54, 1.807) is 0 Å². The van der Waals surface area contributed by atoms with Crippen LogP contribution in [0.5, 0.6) is 0 Å². The van der Waals surface area contributed by atoms with E-state index in [0.717, 1.165) is 71.6 Å². The van der Waals surface area contributed by atoms with Crippen LogP contribution in [0.25, 0.3) is 93.1 Å². The maximum Gasteiger partial charge on any atom is 0.0991 e. The van der Waals surface area contributed by atoms with Crippen molar-refractivity contribution in [2.24, 2.45) is 0 Å². The van der Waals surface area contributed by atoms with Gasteiger partial charge in [0, 0.05) is 43.6 Å². The van der Waals surface area contributed by atoms with E-state index in [4.69, 9.17) is 4.98 Å². The number of benzene rings is 8. The van der Waals surface area contributed by atoms with Gasteiger partial charge in [-0.2, -0.15) is 5.26 Å². The average Bonchev–Trinajstić information content (AvgIpc) is 3.50. The monoisotopic (exact) mass is 621 g/mol. The zero-order chi connectivity index (χ0) is 32.5. The molecule has 0 saturated carbocycles. The van der Waals surface area contributed by atoms with Crippen molar-refractivity contribution < 1.29 is 0 Å². The highest BCUT2D eigenvalue weighted by molar-refractivity contribution is 6.28. The number of hydrogen-bond donors (Lipinski definition) is 0. The van der Waals surface area contributed by atoms with E-state index in [2.05, 4.69) is 156 Å². The highest BCUT2D eigenvalue weighted by Gasteiger charge is 2.19. The second-order valence-corrected chi connectivity index (χ2v) is 12.6. The van der Waals surface area contributed by atoms with Crippen LogP contribution in [-0.2, 0) is 0 Å². The number of pyridine rings is 1. The third-order valence-electron chi connectivity index (χ3n) is 9.96. The predicted octanol–water partition coefficient (Wildman–Crippen LogP) is 12.0. The van der Waals surface area contributed by atoms with Crippen molar-refractivity contribution in [3.8, 4) is 34.1 Å². The van der Waals surface area contributed by atoms with Gasteiger partial charge in [-0.25, -0.2) is 4.98 Å². The molecule has 0 saturated heterocycles. The van der Waals surface area contributed by atoms with E-state index in [1.807, 2.05) is 18.2 Å². The first-order valence-corrected chi connectivity index (χ1v) is 16.5. The van der Waals surface area contributed by atoms with Gasteiger partial charge in [0.05, 0.1) is 33.9 Å². The van der Waals surface area contributed by atoms with E-state index in [0.29, 0.717) is 5.56 Å². The SMILES string of the molecule is N#Cc1ccc2c(c1)c1cc(-c3cc4c(-c5ccccc5)nc5c6ccccc6ccc5c4c4ccccc34)ccc1n2-c1ccccc1. The largest absolute Gasteiger partial charge is 0.309 e. The summed E-state index contributed by atoms with van der Waals surface area (Å²) < 4.78 is 2.29. The predicted molar refractivity (Wildman–Crippen MR) is 204 cm³/mol. The van der Waals surface area contributed by atoms with Crippen LogP contribution >= 0.6 is 0 Å². The molecule has 10 aromatic rings. The van der Waals surface area contributed by atoms with Crippen LogP contribution in [0.1, 0.15) is 5.56 Å². The molecule has 0 fully saturated rings. The van der Waals surface area contributed by atoms with Crippen molar-refractivity contribution >= 4 is 65.0 Å². The number of hydrogen-bond acceptors (Lipinski definition) is 2. The van der Waals surface area contributed by atoms with Crippen LogP contribution in [0.3, 0.4) is 0 Å². The maximum absolute atomic E-state index is 9.84. The molecule has 3 heteroatoms. The topological polar surface area (TPSA) is 41.6 Å². The zero-order valence-electron chi connectivity index (χ0n) is 26.4. The Hall–Kier alpha value is -6.76. The fraction of sp³-hybridized carbons (Fsp3) is 0. The van der Waals surface area contributed by atoms with Gasteiger partial charge in [-0.05, 0) is 75.8 Å². The van der Waals surface area contributed by atoms with Crippen molar-refractivity contribution in [3.05, 3.63) is 169 Å². The smallest absolute Gasteiger partial charge is 0.0991 e. The number of para-hydroxylation sites is 1. The summed E-state index contributed by atoms with van der Waals surface area (Å²) in [5, 5.41) is 20.2. The van der Waals surface area contributed by atoms with Crippen molar-refractivity contribution in [2.45, 2.75) is 0 Å². The summed E-state index contributed by atoms with van der Waals surface area (Å²) in [6.45, 7) is 0. The minimum atomic E-state index is 0.652. The summed E-state index contributed by atoms with van der Waals surface area (Å²) in [6.07, 6.45) is 0. The molecule has 8 aromatic carbocycles. The van der Waals surface area contributed by atoms with Gasteiger partial charge >= 0.3 is 0 Å². The molecule has 2 aromatic heterocycles. The lowest BCUT2D eigenvalue weighted by Gasteiger charge is -2.17. The third-order valence-corrected chi connectivity index (χ3v) is 9.96. The Balaban J connectivity index is 1.33. The quantitative estimate of drug-likeness (QED) is 0.184. The van der Waals surface area contributed by atoms with Gasteiger partial charge in [-0.1, -0.05) is 115 Å². The highest BCUT2D eigenvalue weighted by atomic mass is 15.0. The third kappa shape index (κ3) is 4.11. The Kier molecular flexibility index (Phi) is 5.94. The van der Waals surface area contributed by atoms with Gasteiger partial charge in [0.1, 0.15) is 0 Å². The second kappa shape index (κ2) is 10.6. The number of aromatic nitrogens is 2. The van der Waals surface area contributed by atoms with Crippen LogP contribution in [-0.4, -0.2) is 9.55 Å². The van der Waals surface area contributed by atoms with Crippen molar-refractivity contribution in [3.63, 3.8) is 0 Å². The lowest BCUT2D eigenvalue weighted by atomic mass is 9.89. The number of nitriles is 1. The molecular weight excluding hydrogens is 595 g/mol. The summed E-state index contributed by atoms with van der Waals surface area (Å²) in [4.78, 5) is 5.46. The van der Waals surface area contributed by atoms with Gasteiger partial charge in [-0.3, -0.25) is 0 Å². The molecule has 2 heterocycles. The number of fused-ring (bicyclic) bond motifs is 10. The summed E-state index contributed by atoms with van der Waals surface area (Å²) in [6, 6.07) is 60.2. The Bertz CT molecular complexity index is 2990. The molecule has 3 nitrogen and oxygen atoms in total. The van der Waals surface area contributed by atoms with E-state index in [9.17, 15) is 5.26 Å².